The van der Waals surface area contributed by atoms with E-state index in [2.05, 4.69) is 68.5 Å². The van der Waals surface area contributed by atoms with E-state index in [1.54, 1.807) is 6.08 Å². The number of allylic oxidation sites excluding steroid dienone is 16. The number of unbranched alkanes of at least 4 members (excludes halogenated alkanes) is 7. The fraction of sp³-hybridized carbons (Fsp3) is 0.600. The van der Waals surface area contributed by atoms with Crippen LogP contribution >= 0.6 is 7.82 Å². The number of aliphatic hydroxyl groups excluding tert-OH is 1. The molecule has 0 spiro atoms. The van der Waals surface area contributed by atoms with E-state index < -0.39 is 38.6 Å². The molecule has 0 saturated heterocycles. The van der Waals surface area contributed by atoms with E-state index in [1.807, 2.05) is 69.8 Å². The number of ether oxygens (including phenoxy) is 2. The number of carbonyl (C=O) groups is 2. The second-order valence-corrected chi connectivity index (χ2v) is 17.3. The van der Waals surface area contributed by atoms with Gasteiger partial charge in [0.05, 0.1) is 33.9 Å². The summed E-state index contributed by atoms with van der Waals surface area (Å²) in [6.45, 7) is 4.02. The number of esters is 2. The Hall–Kier alpha value is -3.37. The summed E-state index contributed by atoms with van der Waals surface area (Å²) in [5, 5.41) is 9.85. The zero-order valence-corrected chi connectivity index (χ0v) is 39.4. The molecule has 346 valence electrons. The monoisotopic (exact) mass is 873 g/mol. The molecule has 61 heavy (non-hydrogen) atoms. The Balaban J connectivity index is 4.60. The summed E-state index contributed by atoms with van der Waals surface area (Å²) in [5.41, 5.74) is 0. The van der Waals surface area contributed by atoms with Crippen LogP contribution < -0.4 is 0 Å². The molecule has 0 heterocycles. The Morgan fingerprint density at radius 2 is 1.16 bits per heavy atom. The van der Waals surface area contributed by atoms with Crippen molar-refractivity contribution in [3.05, 3.63) is 109 Å². The molecule has 0 aromatic rings. The standard InChI is InChI=1S/C50H82NO9P/c1-6-8-10-11-12-13-14-15-16-17-18-21-25-28-31-34-38-42-50(54)60-48(46-59-61(55,56)58-44-43-51(3,4)5)45-57-49(53)41-37-33-30-27-24-22-19-20-23-26-29-32-36-40-47(52)39-35-9-7-2/h9,15-16,18,20-24,28-33,35-36,40,47-48,52H,6-8,10-14,17,19,25-27,34,37-39,41-46H2,1-5H3/p+1/b16-15-,21-18-,23-20-,24-22-,31-28-,32-29+,33-30-,35-9-,40-36+/t47?,48-/m1/s1. The van der Waals surface area contributed by atoms with E-state index in [0.717, 1.165) is 44.9 Å². The molecule has 2 N–H and O–H groups in total. The van der Waals surface area contributed by atoms with Gasteiger partial charge in [0.25, 0.3) is 0 Å². The van der Waals surface area contributed by atoms with Crippen LogP contribution in [0.1, 0.15) is 136 Å². The van der Waals surface area contributed by atoms with Crippen molar-refractivity contribution in [2.75, 3.05) is 47.5 Å². The van der Waals surface area contributed by atoms with Gasteiger partial charge in [0.2, 0.25) is 0 Å². The molecule has 10 nitrogen and oxygen atoms in total. The molecule has 0 radical (unpaired) electrons. The third-order valence-electron chi connectivity index (χ3n) is 8.88. The van der Waals surface area contributed by atoms with E-state index in [-0.39, 0.29) is 26.1 Å². The number of phosphoric acid groups is 1. The maximum absolute atomic E-state index is 12.7. The number of hydrogen-bond donors (Lipinski definition) is 2. The number of phosphoric ester groups is 1. The number of quaternary nitrogens is 1. The molecule has 0 fully saturated rings. The SMILES string of the molecule is CC/C=C\CC(O)/C=C/C=C/C/C=C\C/C=C\C/C=C\CCC(=O)OC[C@H](COP(=O)(O)OCC[N+](C)(C)C)OC(=O)CCC/C=C\C/C=C\C/C=C\CCCCCCCC. The van der Waals surface area contributed by atoms with Gasteiger partial charge in [-0.15, -0.1) is 0 Å². The second-order valence-electron chi connectivity index (χ2n) is 15.9. The normalized spacial score (nSPS) is 15.1. The number of carbonyl (C=O) groups excluding carboxylic acids is 2. The number of hydrogen-bond acceptors (Lipinski definition) is 8. The summed E-state index contributed by atoms with van der Waals surface area (Å²) in [4.78, 5) is 35.3. The molecule has 3 atom stereocenters. The minimum Gasteiger partial charge on any atom is -0.462 e. The molecule has 0 saturated carbocycles. The summed E-state index contributed by atoms with van der Waals surface area (Å²) in [5.74, 6) is -0.991. The predicted octanol–water partition coefficient (Wildman–Crippen LogP) is 12.1. The van der Waals surface area contributed by atoms with Crippen molar-refractivity contribution in [2.45, 2.75) is 148 Å². The van der Waals surface area contributed by atoms with E-state index in [4.69, 9.17) is 18.5 Å². The van der Waals surface area contributed by atoms with Crippen LogP contribution in [-0.4, -0.2) is 86.1 Å². The third kappa shape index (κ3) is 44.5. The molecule has 2 unspecified atom stereocenters. The lowest BCUT2D eigenvalue weighted by Crippen LogP contribution is -2.37. The molecule has 0 bridgehead atoms. The van der Waals surface area contributed by atoms with E-state index in [1.165, 1.54) is 38.5 Å². The molecule has 0 rings (SSSR count). The van der Waals surface area contributed by atoms with E-state index >= 15 is 0 Å². The zero-order valence-electron chi connectivity index (χ0n) is 38.5. The maximum atomic E-state index is 12.7. The first-order chi connectivity index (χ1) is 29.4. The van der Waals surface area contributed by atoms with Gasteiger partial charge < -0.3 is 24.0 Å². The summed E-state index contributed by atoms with van der Waals surface area (Å²) in [7, 11) is 1.36. The Kier molecular flexibility index (Phi) is 38.4. The van der Waals surface area contributed by atoms with Gasteiger partial charge in [-0.2, -0.15) is 0 Å². The molecule has 0 aromatic heterocycles. The van der Waals surface area contributed by atoms with Gasteiger partial charge >= 0.3 is 19.8 Å². The van der Waals surface area contributed by atoms with Crippen LogP contribution in [0, 0.1) is 0 Å². The first-order valence-corrected chi connectivity index (χ1v) is 24.2. The third-order valence-corrected chi connectivity index (χ3v) is 9.87. The fourth-order valence-electron chi connectivity index (χ4n) is 5.31. The largest absolute Gasteiger partial charge is 0.472 e. The van der Waals surface area contributed by atoms with Gasteiger partial charge in [0.15, 0.2) is 6.10 Å². The Labute approximate surface area is 370 Å². The topological polar surface area (TPSA) is 129 Å². The van der Waals surface area contributed by atoms with Gasteiger partial charge in [-0.3, -0.25) is 18.6 Å². The Morgan fingerprint density at radius 3 is 1.77 bits per heavy atom. The molecular weight excluding hydrogens is 790 g/mol. The van der Waals surface area contributed by atoms with E-state index in [9.17, 15) is 24.2 Å². The quantitative estimate of drug-likeness (QED) is 0.0155. The molecule has 0 aliphatic heterocycles. The first-order valence-electron chi connectivity index (χ1n) is 22.7. The number of nitrogens with zero attached hydrogens (tertiary/aromatic N) is 1. The van der Waals surface area contributed by atoms with Crippen molar-refractivity contribution in [1.82, 2.24) is 0 Å². The summed E-state index contributed by atoms with van der Waals surface area (Å²) in [6, 6.07) is 0. The van der Waals surface area contributed by atoms with Crippen LogP contribution in [0.2, 0.25) is 0 Å². The Bertz CT molecular complexity index is 1420. The number of aliphatic hydroxyl groups is 1. The molecule has 0 aliphatic carbocycles. The van der Waals surface area contributed by atoms with Crippen molar-refractivity contribution in [3.8, 4) is 0 Å². The van der Waals surface area contributed by atoms with Crippen LogP contribution in [-0.2, 0) is 32.7 Å². The minimum atomic E-state index is -4.42. The smallest absolute Gasteiger partial charge is 0.462 e. The summed E-state index contributed by atoms with van der Waals surface area (Å²) < 4.78 is 34.1. The lowest BCUT2D eigenvalue weighted by molar-refractivity contribution is -0.870. The van der Waals surface area contributed by atoms with E-state index in [0.29, 0.717) is 36.7 Å². The second kappa shape index (κ2) is 40.7. The minimum absolute atomic E-state index is 0.00159. The van der Waals surface area contributed by atoms with Crippen molar-refractivity contribution >= 4 is 19.8 Å². The highest BCUT2D eigenvalue weighted by Crippen LogP contribution is 2.43. The lowest BCUT2D eigenvalue weighted by atomic mass is 10.1. The number of likely N-dealkylation sites (N-methyl/N-ethyl adjacent to an activating group) is 1. The van der Waals surface area contributed by atoms with Crippen LogP contribution in [0.4, 0.5) is 0 Å². The van der Waals surface area contributed by atoms with Crippen LogP contribution in [0.5, 0.6) is 0 Å². The highest BCUT2D eigenvalue weighted by molar-refractivity contribution is 7.47. The van der Waals surface area contributed by atoms with Gasteiger partial charge in [-0.25, -0.2) is 4.57 Å². The van der Waals surface area contributed by atoms with Crippen molar-refractivity contribution < 1.29 is 47.2 Å². The summed E-state index contributed by atoms with van der Waals surface area (Å²) >= 11 is 0. The molecule has 0 aliphatic rings. The van der Waals surface area contributed by atoms with Gasteiger partial charge in [0.1, 0.15) is 19.8 Å². The highest BCUT2D eigenvalue weighted by Gasteiger charge is 2.27. The van der Waals surface area contributed by atoms with Gasteiger partial charge in [0, 0.05) is 12.8 Å². The zero-order chi connectivity index (χ0) is 45.1. The first kappa shape index (κ1) is 57.6. The fourth-order valence-corrected chi connectivity index (χ4v) is 6.06. The lowest BCUT2D eigenvalue weighted by Gasteiger charge is -2.24. The van der Waals surface area contributed by atoms with Crippen LogP contribution in [0.3, 0.4) is 0 Å². The average Bonchev–Trinajstić information content (AvgIpc) is 3.21. The van der Waals surface area contributed by atoms with Crippen molar-refractivity contribution in [3.63, 3.8) is 0 Å². The number of rotatable bonds is 39. The molecule has 0 amide bonds. The van der Waals surface area contributed by atoms with Crippen molar-refractivity contribution in [1.29, 1.82) is 0 Å². The van der Waals surface area contributed by atoms with Gasteiger partial charge in [-0.05, 0) is 77.0 Å². The molecular formula is C50H83NO9P+. The van der Waals surface area contributed by atoms with Gasteiger partial charge in [-0.1, -0.05) is 155 Å². The van der Waals surface area contributed by atoms with Crippen LogP contribution in [0.25, 0.3) is 0 Å². The predicted molar refractivity (Wildman–Crippen MR) is 253 cm³/mol. The van der Waals surface area contributed by atoms with Crippen molar-refractivity contribution in [2.24, 2.45) is 0 Å². The molecule has 11 heteroatoms. The average molecular weight is 873 g/mol. The summed E-state index contributed by atoms with van der Waals surface area (Å²) in [6.07, 6.45) is 52.1. The maximum Gasteiger partial charge on any atom is 0.472 e. The Morgan fingerprint density at radius 1 is 0.607 bits per heavy atom. The van der Waals surface area contributed by atoms with Crippen LogP contribution in [0.15, 0.2) is 109 Å². The molecule has 0 aromatic carbocycles. The highest BCUT2D eigenvalue weighted by atomic mass is 31.2.